The molecule has 2 aliphatic heterocycles. The number of benzene rings is 3. The van der Waals surface area contributed by atoms with Gasteiger partial charge in [-0.15, -0.1) is 0 Å². The van der Waals surface area contributed by atoms with Crippen molar-refractivity contribution in [3.8, 4) is 0 Å². The normalized spacial score (nSPS) is 35.6. The van der Waals surface area contributed by atoms with Crippen molar-refractivity contribution in [2.45, 2.75) is 77.5 Å². The Bertz CT molecular complexity index is 1700. The molecule has 2 aliphatic carbocycles. The average molecular weight is 649 g/mol. The van der Waals surface area contributed by atoms with Crippen LogP contribution in [0.1, 0.15) is 78.5 Å². The van der Waals surface area contributed by atoms with Crippen molar-refractivity contribution in [1.29, 1.82) is 0 Å². The van der Waals surface area contributed by atoms with E-state index in [9.17, 15) is 14.4 Å². The molecular formula is C41H44O7. The molecule has 3 aromatic rings. The molecular weight excluding hydrogens is 604 g/mol. The summed E-state index contributed by atoms with van der Waals surface area (Å²) in [6.45, 7) is 10.7. The molecule has 0 aromatic heterocycles. The third-order valence-electron chi connectivity index (χ3n) is 11.6. The topological polar surface area (TPSA) is 88.1 Å². The summed E-state index contributed by atoms with van der Waals surface area (Å²) < 4.78 is 26.5. The smallest absolute Gasteiger partial charge is 0.338 e. The first kappa shape index (κ1) is 32.3. The molecule has 0 radical (unpaired) electrons. The standard InChI is InChI=1S/C41H44O7/c1-24-21-31-34(46-38(43)28-17-11-7-12-18-28)25(2)23-41(31)36(47-39(44)29-19-13-8-14-20-29)26(3)35(48-41)33-30(40(33,4)5)22-32(24)45-37(42)27-15-9-6-10-16-27/h6-21,25-26,30-36H,22-23H2,1-5H3/b24-21+/t25-,26-,30+,31-,32+,33-,34-,35-,36-,41+/m0/s1. The third kappa shape index (κ3) is 5.56. The van der Waals surface area contributed by atoms with E-state index in [0.29, 0.717) is 29.5 Å². The van der Waals surface area contributed by atoms with Gasteiger partial charge in [-0.3, -0.25) is 0 Å². The summed E-state index contributed by atoms with van der Waals surface area (Å²) in [5.41, 5.74) is 1.28. The number of carbonyl (C=O) groups excluding carboxylic acids is 3. The predicted octanol–water partition coefficient (Wildman–Crippen LogP) is 7.72. The second kappa shape index (κ2) is 12.3. The molecule has 0 amide bonds. The fourth-order valence-electron chi connectivity index (χ4n) is 9.03. The van der Waals surface area contributed by atoms with Gasteiger partial charge in [-0.2, -0.15) is 0 Å². The van der Waals surface area contributed by atoms with Gasteiger partial charge in [0.25, 0.3) is 0 Å². The molecule has 7 rings (SSSR count). The zero-order chi connectivity index (χ0) is 33.8. The van der Waals surface area contributed by atoms with E-state index >= 15 is 0 Å². The Hall–Kier alpha value is -4.23. The van der Waals surface area contributed by atoms with Gasteiger partial charge in [0.1, 0.15) is 23.9 Å². The lowest BCUT2D eigenvalue weighted by molar-refractivity contribution is -0.117. The Morgan fingerprint density at radius 1 is 0.729 bits per heavy atom. The van der Waals surface area contributed by atoms with Gasteiger partial charge in [-0.1, -0.05) is 88.4 Å². The van der Waals surface area contributed by atoms with Crippen LogP contribution in [-0.2, 0) is 18.9 Å². The summed E-state index contributed by atoms with van der Waals surface area (Å²) in [5, 5.41) is 0. The van der Waals surface area contributed by atoms with Crippen LogP contribution >= 0.6 is 0 Å². The Labute approximate surface area is 282 Å². The minimum atomic E-state index is -0.953. The van der Waals surface area contributed by atoms with Gasteiger partial charge in [0.2, 0.25) is 0 Å². The number of fused-ring (bicyclic) bond motifs is 3. The van der Waals surface area contributed by atoms with E-state index in [1.165, 1.54) is 0 Å². The maximum atomic E-state index is 13.7. The highest BCUT2D eigenvalue weighted by Crippen LogP contribution is 2.68. The Kier molecular flexibility index (Phi) is 8.31. The second-order valence-electron chi connectivity index (χ2n) is 14.9. The molecule has 7 heteroatoms. The average Bonchev–Trinajstić information content (AvgIpc) is 3.38. The van der Waals surface area contributed by atoms with E-state index in [1.807, 2.05) is 61.5 Å². The van der Waals surface area contributed by atoms with Gasteiger partial charge in [0.15, 0.2) is 0 Å². The van der Waals surface area contributed by atoms with Crippen molar-refractivity contribution in [1.82, 2.24) is 0 Å². The SMILES string of the molecule is C/C1=C\[C@H]2[C@@H](OC(=O)c3ccccc3)[C@@H](C)C[C@@]23O[C@@H]([C@H](C)[C@@H]3OC(=O)c2ccccc2)[C@@H]2[C@@H](C[C@H]1OC(=O)c1ccccc1)C2(C)C. The fraction of sp³-hybridized carbons (Fsp3) is 0.439. The zero-order valence-electron chi connectivity index (χ0n) is 28.2. The highest BCUT2D eigenvalue weighted by atomic mass is 16.6. The van der Waals surface area contributed by atoms with Gasteiger partial charge in [-0.05, 0) is 84.9 Å². The highest BCUT2D eigenvalue weighted by molar-refractivity contribution is 5.90. The van der Waals surface area contributed by atoms with Crippen LogP contribution in [0.5, 0.6) is 0 Å². The first-order valence-corrected chi connectivity index (χ1v) is 17.2. The summed E-state index contributed by atoms with van der Waals surface area (Å²) in [7, 11) is 0. The molecule has 7 nitrogen and oxygen atoms in total. The second-order valence-corrected chi connectivity index (χ2v) is 14.9. The molecule has 1 saturated heterocycles. The number of hydrogen-bond acceptors (Lipinski definition) is 7. The number of carbonyl (C=O) groups is 3. The number of ether oxygens (including phenoxy) is 4. The van der Waals surface area contributed by atoms with E-state index in [-0.39, 0.29) is 41.2 Å². The van der Waals surface area contributed by atoms with Crippen molar-refractivity contribution in [2.24, 2.45) is 35.0 Å². The minimum absolute atomic E-state index is 0.0840. The van der Waals surface area contributed by atoms with Gasteiger partial charge in [-0.25, -0.2) is 14.4 Å². The molecule has 0 N–H and O–H groups in total. The molecule has 2 saturated carbocycles. The van der Waals surface area contributed by atoms with Crippen molar-refractivity contribution in [3.63, 3.8) is 0 Å². The molecule has 3 fully saturated rings. The molecule has 10 atom stereocenters. The van der Waals surface area contributed by atoms with Crippen LogP contribution < -0.4 is 0 Å². The number of rotatable bonds is 6. The Balaban J connectivity index is 1.31. The largest absolute Gasteiger partial charge is 0.458 e. The Morgan fingerprint density at radius 2 is 1.23 bits per heavy atom. The molecule has 0 unspecified atom stereocenters. The Morgan fingerprint density at radius 3 is 1.77 bits per heavy atom. The summed E-state index contributed by atoms with van der Waals surface area (Å²) in [4.78, 5) is 40.7. The van der Waals surface area contributed by atoms with Crippen LogP contribution in [0.15, 0.2) is 103 Å². The molecule has 48 heavy (non-hydrogen) atoms. The summed E-state index contributed by atoms with van der Waals surface area (Å²) in [6, 6.07) is 27.1. The predicted molar refractivity (Wildman–Crippen MR) is 180 cm³/mol. The lowest BCUT2D eigenvalue weighted by atomic mass is 9.79. The van der Waals surface area contributed by atoms with Gasteiger partial charge < -0.3 is 18.9 Å². The van der Waals surface area contributed by atoms with Crippen LogP contribution in [0.4, 0.5) is 0 Å². The van der Waals surface area contributed by atoms with Crippen LogP contribution in [0.2, 0.25) is 0 Å². The molecule has 4 aliphatic rings. The minimum Gasteiger partial charge on any atom is -0.458 e. The lowest BCUT2D eigenvalue weighted by Gasteiger charge is -2.37. The van der Waals surface area contributed by atoms with E-state index < -0.39 is 41.8 Å². The van der Waals surface area contributed by atoms with Crippen molar-refractivity contribution in [2.75, 3.05) is 0 Å². The van der Waals surface area contributed by atoms with E-state index in [4.69, 9.17) is 18.9 Å². The van der Waals surface area contributed by atoms with E-state index in [2.05, 4.69) is 33.8 Å². The van der Waals surface area contributed by atoms with Crippen molar-refractivity contribution in [3.05, 3.63) is 119 Å². The number of esters is 3. The molecule has 2 heterocycles. The van der Waals surface area contributed by atoms with Crippen LogP contribution in [0.25, 0.3) is 0 Å². The monoisotopic (exact) mass is 648 g/mol. The molecule has 3 aromatic carbocycles. The fourth-order valence-corrected chi connectivity index (χ4v) is 9.03. The van der Waals surface area contributed by atoms with Crippen molar-refractivity contribution < 1.29 is 33.3 Å². The zero-order valence-corrected chi connectivity index (χ0v) is 28.2. The van der Waals surface area contributed by atoms with Gasteiger partial charge in [0, 0.05) is 11.8 Å². The number of hydrogen-bond donors (Lipinski definition) is 0. The van der Waals surface area contributed by atoms with Crippen LogP contribution in [0, 0.1) is 35.0 Å². The summed E-state index contributed by atoms with van der Waals surface area (Å²) in [6.07, 6.45) is 1.43. The van der Waals surface area contributed by atoms with E-state index in [1.54, 1.807) is 36.4 Å². The maximum absolute atomic E-state index is 13.7. The molecule has 2 bridgehead atoms. The lowest BCUT2D eigenvalue weighted by Crippen LogP contribution is -2.49. The molecule has 1 spiro atoms. The summed E-state index contributed by atoms with van der Waals surface area (Å²) in [5.74, 6) is -1.48. The van der Waals surface area contributed by atoms with Crippen LogP contribution in [0.3, 0.4) is 0 Å². The van der Waals surface area contributed by atoms with Gasteiger partial charge in [0.05, 0.1) is 22.8 Å². The molecule has 250 valence electrons. The van der Waals surface area contributed by atoms with Crippen molar-refractivity contribution >= 4 is 17.9 Å². The maximum Gasteiger partial charge on any atom is 0.338 e. The quantitative estimate of drug-likeness (QED) is 0.154. The van der Waals surface area contributed by atoms with E-state index in [0.717, 1.165) is 5.57 Å². The first-order valence-electron chi connectivity index (χ1n) is 17.2. The van der Waals surface area contributed by atoms with Gasteiger partial charge >= 0.3 is 17.9 Å². The summed E-state index contributed by atoms with van der Waals surface area (Å²) >= 11 is 0. The highest BCUT2D eigenvalue weighted by Gasteiger charge is 2.72. The van der Waals surface area contributed by atoms with Crippen LogP contribution in [-0.4, -0.2) is 47.9 Å². The third-order valence-corrected chi connectivity index (χ3v) is 11.6. The first-order chi connectivity index (χ1) is 23.0.